The molecule has 1 N–H and O–H groups in total. The summed E-state index contributed by atoms with van der Waals surface area (Å²) in [5.74, 6) is -1.76. The first-order valence-electron chi connectivity index (χ1n) is 5.68. The highest BCUT2D eigenvalue weighted by Gasteiger charge is 2.15. The number of benzene rings is 1. The van der Waals surface area contributed by atoms with Crippen molar-refractivity contribution in [1.82, 2.24) is 0 Å². The van der Waals surface area contributed by atoms with Gasteiger partial charge in [0, 0.05) is 11.6 Å². The number of methoxy groups -OCH3 is 1. The van der Waals surface area contributed by atoms with Crippen LogP contribution in [-0.4, -0.2) is 19.0 Å². The number of hydrogen-bond donors (Lipinski definition) is 1. The van der Waals surface area contributed by atoms with E-state index >= 15 is 0 Å². The highest BCUT2D eigenvalue weighted by atomic mass is 19.1. The van der Waals surface area contributed by atoms with Crippen molar-refractivity contribution in [3.05, 3.63) is 29.6 Å². The molecule has 1 aromatic carbocycles. The van der Waals surface area contributed by atoms with Crippen LogP contribution in [0.15, 0.2) is 18.2 Å². The van der Waals surface area contributed by atoms with Crippen LogP contribution in [0.4, 0.5) is 10.1 Å². The number of hydrogen-bond acceptors (Lipinski definition) is 3. The minimum absolute atomic E-state index is 0.142. The van der Waals surface area contributed by atoms with E-state index in [1.165, 1.54) is 19.2 Å². The van der Waals surface area contributed by atoms with Crippen molar-refractivity contribution >= 4 is 17.6 Å². The minimum Gasteiger partial charge on any atom is -0.465 e. The maximum absolute atomic E-state index is 13.4. The maximum Gasteiger partial charge on any atom is 0.340 e. The normalized spacial score (nSPS) is 11.8. The number of anilines is 1. The van der Waals surface area contributed by atoms with Crippen molar-refractivity contribution in [2.75, 3.05) is 12.4 Å². The summed E-state index contributed by atoms with van der Waals surface area (Å²) in [4.78, 5) is 22.9. The lowest BCUT2D eigenvalue weighted by Gasteiger charge is -2.11. The van der Waals surface area contributed by atoms with Crippen molar-refractivity contribution in [2.45, 2.75) is 20.3 Å². The van der Waals surface area contributed by atoms with Crippen LogP contribution in [0.5, 0.6) is 0 Å². The van der Waals surface area contributed by atoms with Crippen molar-refractivity contribution in [2.24, 2.45) is 5.92 Å². The molecule has 4 nitrogen and oxygen atoms in total. The molecule has 0 fully saturated rings. The van der Waals surface area contributed by atoms with Gasteiger partial charge >= 0.3 is 5.97 Å². The van der Waals surface area contributed by atoms with Gasteiger partial charge in [-0.3, -0.25) is 4.79 Å². The average Bonchev–Trinajstić information content (AvgIpc) is 2.38. The second kappa shape index (κ2) is 6.14. The fraction of sp³-hybridized carbons (Fsp3) is 0.385. The van der Waals surface area contributed by atoms with Gasteiger partial charge in [-0.2, -0.15) is 0 Å². The van der Waals surface area contributed by atoms with Crippen LogP contribution in [0.2, 0.25) is 0 Å². The SMILES string of the molecule is CC[C@H](C)C(=O)Nc1ccc(F)c(C(=O)OC)c1. The van der Waals surface area contributed by atoms with E-state index in [0.717, 1.165) is 6.07 Å². The number of nitrogens with one attached hydrogen (secondary N) is 1. The smallest absolute Gasteiger partial charge is 0.340 e. The fourth-order valence-electron chi connectivity index (χ4n) is 1.32. The molecule has 0 heterocycles. The Hall–Kier alpha value is -1.91. The summed E-state index contributed by atoms with van der Waals surface area (Å²) in [6, 6.07) is 3.79. The first-order valence-corrected chi connectivity index (χ1v) is 5.68. The zero-order chi connectivity index (χ0) is 13.7. The van der Waals surface area contributed by atoms with Gasteiger partial charge in [-0.05, 0) is 24.6 Å². The van der Waals surface area contributed by atoms with Crippen molar-refractivity contribution < 1.29 is 18.7 Å². The number of halogens is 1. The summed E-state index contributed by atoms with van der Waals surface area (Å²) >= 11 is 0. The molecule has 1 amide bonds. The van der Waals surface area contributed by atoms with Crippen molar-refractivity contribution in [3.8, 4) is 0 Å². The summed E-state index contributed by atoms with van der Waals surface area (Å²) in [5, 5.41) is 2.63. The highest BCUT2D eigenvalue weighted by Crippen LogP contribution is 2.17. The van der Waals surface area contributed by atoms with E-state index in [4.69, 9.17) is 0 Å². The Balaban J connectivity index is 2.92. The van der Waals surface area contributed by atoms with Crippen LogP contribution in [0.25, 0.3) is 0 Å². The third kappa shape index (κ3) is 3.29. The number of carbonyl (C=O) groups excluding carboxylic acids is 2. The third-order valence-electron chi connectivity index (χ3n) is 2.70. The highest BCUT2D eigenvalue weighted by molar-refractivity contribution is 5.95. The Bertz CT molecular complexity index is 460. The minimum atomic E-state index is -0.771. The Morgan fingerprint density at radius 1 is 1.44 bits per heavy atom. The largest absolute Gasteiger partial charge is 0.465 e. The van der Waals surface area contributed by atoms with Gasteiger partial charge in [0.05, 0.1) is 12.7 Å². The van der Waals surface area contributed by atoms with Crippen molar-refractivity contribution in [1.29, 1.82) is 0 Å². The van der Waals surface area contributed by atoms with Crippen LogP contribution >= 0.6 is 0 Å². The molecule has 0 aliphatic heterocycles. The molecule has 1 aromatic rings. The topological polar surface area (TPSA) is 55.4 Å². The second-order valence-corrected chi connectivity index (χ2v) is 3.98. The summed E-state index contributed by atoms with van der Waals surface area (Å²) in [7, 11) is 1.17. The third-order valence-corrected chi connectivity index (χ3v) is 2.70. The van der Waals surface area contributed by atoms with Gasteiger partial charge in [0.25, 0.3) is 0 Å². The predicted octanol–water partition coefficient (Wildman–Crippen LogP) is 2.60. The monoisotopic (exact) mass is 253 g/mol. The van der Waals surface area contributed by atoms with Gasteiger partial charge in [0.1, 0.15) is 5.82 Å². The molecule has 18 heavy (non-hydrogen) atoms. The Kier molecular flexibility index (Phi) is 4.83. The quantitative estimate of drug-likeness (QED) is 0.839. The van der Waals surface area contributed by atoms with E-state index in [9.17, 15) is 14.0 Å². The lowest BCUT2D eigenvalue weighted by molar-refractivity contribution is -0.119. The molecular weight excluding hydrogens is 237 g/mol. The van der Waals surface area contributed by atoms with Gasteiger partial charge in [-0.25, -0.2) is 9.18 Å². The summed E-state index contributed by atoms with van der Waals surface area (Å²) in [6.07, 6.45) is 0.705. The first kappa shape index (κ1) is 14.2. The number of rotatable bonds is 4. The number of ether oxygens (including phenoxy) is 1. The van der Waals surface area contributed by atoms with E-state index < -0.39 is 11.8 Å². The van der Waals surface area contributed by atoms with Crippen LogP contribution < -0.4 is 5.32 Å². The standard InChI is InChI=1S/C13H16FNO3/c1-4-8(2)12(16)15-9-5-6-11(14)10(7-9)13(17)18-3/h5-8H,4H2,1-3H3,(H,15,16)/t8-/m0/s1. The van der Waals surface area contributed by atoms with Gasteiger partial charge in [-0.15, -0.1) is 0 Å². The Labute approximate surface area is 105 Å². The molecule has 0 unspecified atom stereocenters. The number of carbonyl (C=O) groups is 2. The molecule has 0 saturated heterocycles. The van der Waals surface area contributed by atoms with E-state index in [2.05, 4.69) is 10.1 Å². The molecular formula is C13H16FNO3. The number of amides is 1. The van der Waals surface area contributed by atoms with Crippen LogP contribution in [0.3, 0.4) is 0 Å². The Morgan fingerprint density at radius 3 is 2.67 bits per heavy atom. The van der Waals surface area contributed by atoms with E-state index in [1.807, 2.05) is 6.92 Å². The lowest BCUT2D eigenvalue weighted by atomic mass is 10.1. The first-order chi connectivity index (χ1) is 8.49. The van der Waals surface area contributed by atoms with E-state index in [-0.39, 0.29) is 17.4 Å². The van der Waals surface area contributed by atoms with Gasteiger partial charge in [0.2, 0.25) is 5.91 Å². The molecule has 1 rings (SSSR count). The summed E-state index contributed by atoms with van der Waals surface area (Å²) < 4.78 is 17.8. The molecule has 0 saturated carbocycles. The predicted molar refractivity (Wildman–Crippen MR) is 65.8 cm³/mol. The molecule has 98 valence electrons. The van der Waals surface area contributed by atoms with Gasteiger partial charge in [0.15, 0.2) is 0 Å². The van der Waals surface area contributed by atoms with E-state index in [1.54, 1.807) is 6.92 Å². The second-order valence-electron chi connectivity index (χ2n) is 3.98. The molecule has 0 radical (unpaired) electrons. The fourth-order valence-corrected chi connectivity index (χ4v) is 1.32. The van der Waals surface area contributed by atoms with Crippen LogP contribution in [0.1, 0.15) is 30.6 Å². The molecule has 0 bridgehead atoms. The average molecular weight is 253 g/mol. The number of esters is 1. The molecule has 0 aliphatic carbocycles. The molecule has 0 aliphatic rings. The van der Waals surface area contributed by atoms with Gasteiger partial charge < -0.3 is 10.1 Å². The summed E-state index contributed by atoms with van der Waals surface area (Å²) in [5.41, 5.74) is 0.182. The molecule has 0 aromatic heterocycles. The summed E-state index contributed by atoms with van der Waals surface area (Å²) in [6.45, 7) is 3.69. The van der Waals surface area contributed by atoms with Crippen molar-refractivity contribution in [3.63, 3.8) is 0 Å². The zero-order valence-corrected chi connectivity index (χ0v) is 10.6. The Morgan fingerprint density at radius 2 is 2.11 bits per heavy atom. The molecule has 5 heteroatoms. The van der Waals surface area contributed by atoms with Crippen LogP contribution in [-0.2, 0) is 9.53 Å². The van der Waals surface area contributed by atoms with Crippen LogP contribution in [0, 0.1) is 11.7 Å². The molecule has 1 atom stereocenters. The van der Waals surface area contributed by atoms with Gasteiger partial charge in [-0.1, -0.05) is 13.8 Å². The van der Waals surface area contributed by atoms with E-state index in [0.29, 0.717) is 12.1 Å². The zero-order valence-electron chi connectivity index (χ0n) is 10.6. The molecule has 0 spiro atoms. The lowest BCUT2D eigenvalue weighted by Crippen LogP contribution is -2.20. The maximum atomic E-state index is 13.4.